The average Bonchev–Trinajstić information content (AvgIpc) is 1.12. The van der Waals surface area contributed by atoms with Crippen molar-refractivity contribution in [3.63, 3.8) is 0 Å². The maximum Gasteiger partial charge on any atom is 2.00 e. The van der Waals surface area contributed by atoms with Crippen LogP contribution in [0.5, 0.6) is 0 Å². The third-order valence-corrected chi connectivity index (χ3v) is 0. The van der Waals surface area contributed by atoms with Gasteiger partial charge in [0, 0.05) is 10.4 Å². The average molecular weight is 315 g/mol. The Hall–Kier alpha value is 3.29. The fourth-order valence-electron chi connectivity index (χ4n) is 0. The van der Waals surface area contributed by atoms with Crippen molar-refractivity contribution in [3.8, 4) is 0 Å². The Morgan fingerprint density at radius 1 is 0.857 bits per heavy atom. The summed E-state index contributed by atoms with van der Waals surface area (Å²) in [6.45, 7) is 0. The summed E-state index contributed by atoms with van der Waals surface area (Å²) in [6, 6.07) is 0. The molecule has 0 bridgehead atoms. The van der Waals surface area contributed by atoms with Crippen molar-refractivity contribution in [2.75, 3.05) is 0 Å². The van der Waals surface area contributed by atoms with Crippen LogP contribution in [0.25, 0.3) is 0 Å². The topological polar surface area (TPSA) is 158 Å². The maximum atomic E-state index is 8.63. The molecule has 0 saturated heterocycles. The van der Waals surface area contributed by atoms with Crippen LogP contribution in [-0.2, 0) is 20.8 Å². The molecule has 0 heterocycles. The molecule has 14 heavy (non-hydrogen) atoms. The first-order chi connectivity index (χ1) is 4.00. The van der Waals surface area contributed by atoms with E-state index in [0.29, 0.717) is 0 Å². The van der Waals surface area contributed by atoms with E-state index in [1.54, 1.807) is 0 Å². The minimum Gasteiger partial charge on any atom is -1.00 e. The van der Waals surface area contributed by atoms with E-state index in [1.165, 1.54) is 0 Å². The standard InChI is InChI=1S/Ca.ClH.2Na.2H2O4S/c;;;;2*1-5(2,3)4/h;1H;;;2*(H2,1,2,3,4)/q+2;;2*+1;;/p-4. The first kappa shape index (κ1) is 36.0. The summed E-state index contributed by atoms with van der Waals surface area (Å²) in [5, 5.41) is 0. The molecule has 0 spiro atoms. The van der Waals surface area contributed by atoms with Gasteiger partial charge < -0.3 is 26.1 Å². The number of hydrogen-bond donors (Lipinski definition) is 1. The van der Waals surface area contributed by atoms with Crippen LogP contribution in [0.4, 0.5) is 0 Å². The largest absolute Gasteiger partial charge is 2.00 e. The van der Waals surface area contributed by atoms with Gasteiger partial charge in [-0.3, -0.25) is 13.0 Å². The van der Waals surface area contributed by atoms with Crippen LogP contribution in [0.1, 0.15) is 0 Å². The summed E-state index contributed by atoms with van der Waals surface area (Å²) >= 11 is 0. The van der Waals surface area contributed by atoms with Gasteiger partial charge in [0.05, 0.1) is 0 Å². The second-order valence-corrected chi connectivity index (χ2v) is 2.51. The molecular formula is HCaClNa2O8S2. The molecule has 0 amide bonds. The fraction of sp³-hybridized carbons (Fsp3) is 0. The molecule has 0 aliphatic rings. The smallest absolute Gasteiger partial charge is 1.00 e. The summed E-state index contributed by atoms with van der Waals surface area (Å²) in [5.41, 5.74) is 0. The first-order valence-corrected chi connectivity index (χ1v) is 4.05. The second kappa shape index (κ2) is 16.3. The van der Waals surface area contributed by atoms with Gasteiger partial charge in [0.15, 0.2) is 0 Å². The van der Waals surface area contributed by atoms with Crippen molar-refractivity contribution in [2.45, 2.75) is 0 Å². The number of halogens is 1. The zero-order valence-electron chi connectivity index (χ0n) is 7.21. The molecule has 8 nitrogen and oxygen atoms in total. The van der Waals surface area contributed by atoms with Crippen LogP contribution in [0.3, 0.4) is 0 Å². The SMILES string of the molecule is O=S(=O)([O-])O.O=S(=O)([O-])[O-].[Ca+2].[Cl-].[Na+].[Na+]. The Bertz CT molecular complexity index is 222. The van der Waals surface area contributed by atoms with Gasteiger partial charge in [-0.05, 0) is 0 Å². The summed E-state index contributed by atoms with van der Waals surface area (Å²) in [5.74, 6) is 0. The van der Waals surface area contributed by atoms with Crippen molar-refractivity contribution in [1.82, 2.24) is 0 Å². The van der Waals surface area contributed by atoms with E-state index >= 15 is 0 Å². The van der Waals surface area contributed by atoms with Crippen LogP contribution < -0.4 is 71.5 Å². The van der Waals surface area contributed by atoms with E-state index < -0.39 is 20.8 Å². The maximum absolute atomic E-state index is 8.63. The summed E-state index contributed by atoms with van der Waals surface area (Å²) < 4.78 is 66.9. The molecule has 0 aromatic carbocycles. The Morgan fingerprint density at radius 2 is 0.857 bits per heavy atom. The molecule has 0 saturated carbocycles. The van der Waals surface area contributed by atoms with Crippen molar-refractivity contribution in [1.29, 1.82) is 0 Å². The minimum absolute atomic E-state index is 0. The molecule has 0 fully saturated rings. The Kier molecular flexibility index (Phi) is 41.9. The third-order valence-electron chi connectivity index (χ3n) is 0. The quantitative estimate of drug-likeness (QED) is 0.262. The molecule has 0 atom stereocenters. The summed E-state index contributed by atoms with van der Waals surface area (Å²) in [6.07, 6.45) is 0. The molecule has 0 aromatic rings. The first-order valence-electron chi connectivity index (χ1n) is 1.35. The van der Waals surface area contributed by atoms with Gasteiger partial charge in [-0.1, -0.05) is 0 Å². The number of rotatable bonds is 0. The van der Waals surface area contributed by atoms with Crippen LogP contribution in [0.2, 0.25) is 0 Å². The molecular weight excluding hydrogens is 314 g/mol. The van der Waals surface area contributed by atoms with Gasteiger partial charge in [0.25, 0.3) is 0 Å². The summed E-state index contributed by atoms with van der Waals surface area (Å²) in [4.78, 5) is 0. The molecule has 0 rings (SSSR count). The van der Waals surface area contributed by atoms with E-state index in [1.807, 2.05) is 0 Å². The zero-order valence-corrected chi connectivity index (χ0v) is 15.8. The normalized spacial score (nSPS) is 8.29. The molecule has 1 N–H and O–H groups in total. The third kappa shape index (κ3) is 288. The van der Waals surface area contributed by atoms with Crippen molar-refractivity contribution >= 4 is 58.5 Å². The monoisotopic (exact) mass is 314 g/mol. The Balaban J connectivity index is -0.0000000178. The molecule has 0 aliphatic heterocycles. The van der Waals surface area contributed by atoms with Gasteiger partial charge in [0.1, 0.15) is 0 Å². The second-order valence-electron chi connectivity index (χ2n) is 0.836. The molecule has 0 unspecified atom stereocenters. The minimum atomic E-state index is -5.17. The van der Waals surface area contributed by atoms with E-state index in [2.05, 4.69) is 0 Å². The molecule has 14 heteroatoms. The van der Waals surface area contributed by atoms with Crippen molar-refractivity contribution in [3.05, 3.63) is 0 Å². The van der Waals surface area contributed by atoms with Crippen LogP contribution in [0, 0.1) is 0 Å². The predicted octanol–water partition coefficient (Wildman–Crippen LogP) is -11.7. The van der Waals surface area contributed by atoms with Crippen LogP contribution >= 0.6 is 0 Å². The van der Waals surface area contributed by atoms with Crippen LogP contribution in [-0.4, -0.2) is 72.8 Å². The van der Waals surface area contributed by atoms with E-state index in [4.69, 9.17) is 35.0 Å². The molecule has 0 radical (unpaired) electrons. The predicted molar refractivity (Wildman–Crippen MR) is 28.6 cm³/mol. The van der Waals surface area contributed by atoms with E-state index in [-0.39, 0.29) is 109 Å². The van der Waals surface area contributed by atoms with Gasteiger partial charge in [-0.15, -0.1) is 0 Å². The molecule has 0 aliphatic carbocycles. The molecule has 0 aromatic heterocycles. The zero-order chi connectivity index (χ0) is 9.00. The van der Waals surface area contributed by atoms with Gasteiger partial charge in [-0.25, -0.2) is 8.42 Å². The van der Waals surface area contributed by atoms with E-state index in [9.17, 15) is 0 Å². The Labute approximate surface area is 162 Å². The van der Waals surface area contributed by atoms with Gasteiger partial charge in [-0.2, -0.15) is 0 Å². The fourth-order valence-corrected chi connectivity index (χ4v) is 0. The molecule has 72 valence electrons. The van der Waals surface area contributed by atoms with Crippen molar-refractivity contribution in [2.24, 2.45) is 0 Å². The van der Waals surface area contributed by atoms with Crippen LogP contribution in [0.15, 0.2) is 0 Å². The van der Waals surface area contributed by atoms with Crippen molar-refractivity contribution < 1.29 is 107 Å². The number of hydrogen-bond acceptors (Lipinski definition) is 7. The summed E-state index contributed by atoms with van der Waals surface area (Å²) in [7, 11) is -10.1. The van der Waals surface area contributed by atoms with Gasteiger partial charge >= 0.3 is 96.9 Å². The van der Waals surface area contributed by atoms with Gasteiger partial charge in [0.2, 0.25) is 10.4 Å². The van der Waals surface area contributed by atoms with E-state index in [0.717, 1.165) is 0 Å². The Morgan fingerprint density at radius 3 is 0.857 bits per heavy atom.